The van der Waals surface area contributed by atoms with Crippen molar-refractivity contribution in [3.63, 3.8) is 0 Å². The molecule has 1 aromatic heterocycles. The number of ether oxygens (including phenoxy) is 2. The summed E-state index contributed by atoms with van der Waals surface area (Å²) >= 11 is 0. The lowest BCUT2D eigenvalue weighted by Crippen LogP contribution is -2.17. The largest absolute Gasteiger partial charge is 0.493 e. The van der Waals surface area contributed by atoms with Crippen molar-refractivity contribution in [1.29, 1.82) is 0 Å². The van der Waals surface area contributed by atoms with Crippen molar-refractivity contribution in [3.05, 3.63) is 47.2 Å². The molecule has 4 heteroatoms. The fourth-order valence-corrected chi connectivity index (χ4v) is 2.17. The maximum absolute atomic E-state index is 5.88. The van der Waals surface area contributed by atoms with Gasteiger partial charge in [-0.1, -0.05) is 6.07 Å². The SMILES string of the molecule is COc1cc(C)ccc1Oc1ncc(CC(C)N)cc1C. The number of aryl methyl sites for hydroxylation is 2. The van der Waals surface area contributed by atoms with Gasteiger partial charge in [0.05, 0.1) is 7.11 Å². The van der Waals surface area contributed by atoms with Gasteiger partial charge in [-0.25, -0.2) is 4.98 Å². The summed E-state index contributed by atoms with van der Waals surface area (Å²) in [5.41, 5.74) is 9.03. The molecule has 2 aromatic rings. The fraction of sp³-hybridized carbons (Fsp3) is 0.353. The maximum atomic E-state index is 5.88. The van der Waals surface area contributed by atoms with Crippen molar-refractivity contribution in [2.45, 2.75) is 33.2 Å². The van der Waals surface area contributed by atoms with Gasteiger partial charge in [-0.15, -0.1) is 0 Å². The predicted molar refractivity (Wildman–Crippen MR) is 84.1 cm³/mol. The van der Waals surface area contributed by atoms with Crippen LogP contribution in [0.5, 0.6) is 17.4 Å². The van der Waals surface area contributed by atoms with Crippen LogP contribution in [-0.2, 0) is 6.42 Å². The highest BCUT2D eigenvalue weighted by Gasteiger charge is 2.10. The van der Waals surface area contributed by atoms with Gasteiger partial charge in [-0.05, 0) is 56.5 Å². The standard InChI is InChI=1S/C17H22N2O2/c1-11-5-6-15(16(7-11)20-4)21-17-12(2)8-14(10-19-17)9-13(3)18/h5-8,10,13H,9,18H2,1-4H3. The van der Waals surface area contributed by atoms with Gasteiger partial charge >= 0.3 is 0 Å². The summed E-state index contributed by atoms with van der Waals surface area (Å²) in [6.45, 7) is 5.98. The van der Waals surface area contributed by atoms with Gasteiger partial charge in [0.2, 0.25) is 5.88 Å². The van der Waals surface area contributed by atoms with Crippen molar-refractivity contribution in [1.82, 2.24) is 4.98 Å². The van der Waals surface area contributed by atoms with Gasteiger partial charge in [0.15, 0.2) is 11.5 Å². The van der Waals surface area contributed by atoms with Crippen LogP contribution >= 0.6 is 0 Å². The Balaban J connectivity index is 2.24. The molecule has 0 saturated heterocycles. The van der Waals surface area contributed by atoms with Crippen LogP contribution in [0, 0.1) is 13.8 Å². The molecule has 1 heterocycles. The third kappa shape index (κ3) is 3.95. The molecule has 0 spiro atoms. The van der Waals surface area contributed by atoms with Crippen LogP contribution in [0.4, 0.5) is 0 Å². The van der Waals surface area contributed by atoms with E-state index in [9.17, 15) is 0 Å². The van der Waals surface area contributed by atoms with E-state index in [1.807, 2.05) is 45.2 Å². The summed E-state index contributed by atoms with van der Waals surface area (Å²) in [6, 6.07) is 8.00. The van der Waals surface area contributed by atoms with E-state index in [1.165, 1.54) is 0 Å². The number of nitrogens with zero attached hydrogens (tertiary/aromatic N) is 1. The molecule has 4 nitrogen and oxygen atoms in total. The van der Waals surface area contributed by atoms with E-state index in [0.717, 1.165) is 23.1 Å². The molecular weight excluding hydrogens is 264 g/mol. The molecule has 1 unspecified atom stereocenters. The van der Waals surface area contributed by atoms with E-state index in [1.54, 1.807) is 7.11 Å². The Morgan fingerprint density at radius 1 is 1.19 bits per heavy atom. The van der Waals surface area contributed by atoms with Crippen LogP contribution in [-0.4, -0.2) is 18.1 Å². The van der Waals surface area contributed by atoms with Crippen LogP contribution in [0.3, 0.4) is 0 Å². The Hall–Kier alpha value is -2.07. The minimum atomic E-state index is 0.121. The predicted octanol–water partition coefficient (Wildman–Crippen LogP) is 3.39. The highest BCUT2D eigenvalue weighted by molar-refractivity contribution is 5.45. The van der Waals surface area contributed by atoms with Gasteiger partial charge in [-0.3, -0.25) is 0 Å². The minimum Gasteiger partial charge on any atom is -0.493 e. The van der Waals surface area contributed by atoms with E-state index in [2.05, 4.69) is 11.1 Å². The first-order valence-electron chi connectivity index (χ1n) is 7.03. The smallest absolute Gasteiger partial charge is 0.222 e. The minimum absolute atomic E-state index is 0.121. The molecule has 0 aliphatic rings. The molecule has 112 valence electrons. The van der Waals surface area contributed by atoms with Crippen LogP contribution in [0.2, 0.25) is 0 Å². The zero-order chi connectivity index (χ0) is 15.4. The molecule has 0 amide bonds. The summed E-state index contributed by atoms with van der Waals surface area (Å²) < 4.78 is 11.2. The van der Waals surface area contributed by atoms with E-state index >= 15 is 0 Å². The van der Waals surface area contributed by atoms with Gasteiger partial charge < -0.3 is 15.2 Å². The lowest BCUT2D eigenvalue weighted by Gasteiger charge is -2.13. The molecular formula is C17H22N2O2. The van der Waals surface area contributed by atoms with Crippen LogP contribution in [0.25, 0.3) is 0 Å². The highest BCUT2D eigenvalue weighted by atomic mass is 16.5. The van der Waals surface area contributed by atoms with Crippen molar-refractivity contribution in [3.8, 4) is 17.4 Å². The van der Waals surface area contributed by atoms with Crippen molar-refractivity contribution >= 4 is 0 Å². The Morgan fingerprint density at radius 2 is 1.95 bits per heavy atom. The summed E-state index contributed by atoms with van der Waals surface area (Å²) in [6.07, 6.45) is 2.62. The van der Waals surface area contributed by atoms with Crippen molar-refractivity contribution in [2.24, 2.45) is 5.73 Å². The Kier molecular flexibility index (Phi) is 4.81. The number of pyridine rings is 1. The number of hydrogen-bond acceptors (Lipinski definition) is 4. The normalized spacial score (nSPS) is 12.0. The lowest BCUT2D eigenvalue weighted by molar-refractivity contribution is 0.372. The number of aromatic nitrogens is 1. The monoisotopic (exact) mass is 286 g/mol. The highest BCUT2D eigenvalue weighted by Crippen LogP contribution is 2.32. The van der Waals surface area contributed by atoms with E-state index in [4.69, 9.17) is 15.2 Å². The van der Waals surface area contributed by atoms with Crippen LogP contribution in [0.1, 0.15) is 23.6 Å². The second-order valence-electron chi connectivity index (χ2n) is 5.40. The lowest BCUT2D eigenvalue weighted by atomic mass is 10.1. The first kappa shape index (κ1) is 15.3. The van der Waals surface area contributed by atoms with E-state index < -0.39 is 0 Å². The molecule has 0 fully saturated rings. The summed E-state index contributed by atoms with van der Waals surface area (Å²) in [7, 11) is 1.63. The molecule has 1 atom stereocenters. The van der Waals surface area contributed by atoms with Gasteiger partial charge in [0.25, 0.3) is 0 Å². The van der Waals surface area contributed by atoms with Gasteiger partial charge in [0, 0.05) is 17.8 Å². The first-order chi connectivity index (χ1) is 9.99. The molecule has 0 aliphatic heterocycles. The number of hydrogen-bond donors (Lipinski definition) is 1. The average Bonchev–Trinajstić information content (AvgIpc) is 2.42. The van der Waals surface area contributed by atoms with Crippen molar-refractivity contribution in [2.75, 3.05) is 7.11 Å². The molecule has 0 aliphatic carbocycles. The third-order valence-corrected chi connectivity index (χ3v) is 3.17. The van der Waals surface area contributed by atoms with Gasteiger partial charge in [-0.2, -0.15) is 0 Å². The third-order valence-electron chi connectivity index (χ3n) is 3.17. The molecule has 0 bridgehead atoms. The van der Waals surface area contributed by atoms with Crippen LogP contribution in [0.15, 0.2) is 30.5 Å². The zero-order valence-electron chi connectivity index (χ0n) is 13.0. The second kappa shape index (κ2) is 6.59. The first-order valence-corrected chi connectivity index (χ1v) is 7.03. The average molecular weight is 286 g/mol. The van der Waals surface area contributed by atoms with Crippen molar-refractivity contribution < 1.29 is 9.47 Å². The number of benzene rings is 1. The number of nitrogens with two attached hydrogens (primary N) is 1. The van der Waals surface area contributed by atoms with E-state index in [0.29, 0.717) is 17.4 Å². The molecule has 0 saturated carbocycles. The maximum Gasteiger partial charge on any atom is 0.222 e. The number of rotatable bonds is 5. The summed E-state index contributed by atoms with van der Waals surface area (Å²) in [5.74, 6) is 1.96. The molecule has 21 heavy (non-hydrogen) atoms. The Labute approximate surface area is 125 Å². The fourth-order valence-electron chi connectivity index (χ4n) is 2.17. The molecule has 2 rings (SSSR count). The zero-order valence-corrected chi connectivity index (χ0v) is 13.0. The summed E-state index contributed by atoms with van der Waals surface area (Å²) in [5, 5.41) is 0. The molecule has 1 aromatic carbocycles. The topological polar surface area (TPSA) is 57.4 Å². The van der Waals surface area contributed by atoms with Gasteiger partial charge in [0.1, 0.15) is 0 Å². The Morgan fingerprint density at radius 3 is 2.57 bits per heavy atom. The molecule has 2 N–H and O–H groups in total. The second-order valence-corrected chi connectivity index (χ2v) is 5.40. The quantitative estimate of drug-likeness (QED) is 0.915. The molecule has 0 radical (unpaired) electrons. The number of methoxy groups -OCH3 is 1. The Bertz CT molecular complexity index is 624. The van der Waals surface area contributed by atoms with Crippen LogP contribution < -0.4 is 15.2 Å². The summed E-state index contributed by atoms with van der Waals surface area (Å²) in [4.78, 5) is 4.39. The van der Waals surface area contributed by atoms with E-state index in [-0.39, 0.29) is 6.04 Å².